The predicted octanol–water partition coefficient (Wildman–Crippen LogP) is 2.01. The summed E-state index contributed by atoms with van der Waals surface area (Å²) in [7, 11) is 1.43. The number of nitrogens with zero attached hydrogens (tertiary/aromatic N) is 1. The lowest BCUT2D eigenvalue weighted by Gasteiger charge is -2.07. The number of aromatic nitrogens is 1. The van der Waals surface area contributed by atoms with E-state index in [1.165, 1.54) is 25.6 Å². The van der Waals surface area contributed by atoms with E-state index in [0.29, 0.717) is 22.1 Å². The van der Waals surface area contributed by atoms with Crippen molar-refractivity contribution in [1.82, 2.24) is 4.98 Å². The number of aliphatic carboxylic acids is 1. The summed E-state index contributed by atoms with van der Waals surface area (Å²) in [5.41, 5.74) is 0.466. The van der Waals surface area contributed by atoms with Gasteiger partial charge in [-0.2, -0.15) is 0 Å². The molecule has 2 aromatic rings. The van der Waals surface area contributed by atoms with Crippen LogP contribution in [0, 0.1) is 5.82 Å². The Balaban J connectivity index is 2.68. The lowest BCUT2D eigenvalue weighted by Crippen LogP contribution is -2.02. The molecule has 0 amide bonds. The summed E-state index contributed by atoms with van der Waals surface area (Å²) in [4.78, 5) is 14.5. The summed E-state index contributed by atoms with van der Waals surface area (Å²) in [5, 5.41) is 9.58. The Kier molecular flexibility index (Phi) is 2.91. The average molecular weight is 235 g/mol. The number of benzene rings is 1. The van der Waals surface area contributed by atoms with E-state index in [0.717, 1.165) is 0 Å². The van der Waals surface area contributed by atoms with Gasteiger partial charge in [0.1, 0.15) is 11.6 Å². The molecule has 1 heterocycles. The first kappa shape index (κ1) is 11.3. The van der Waals surface area contributed by atoms with Crippen LogP contribution >= 0.6 is 0 Å². The molecule has 0 bridgehead atoms. The van der Waals surface area contributed by atoms with Crippen molar-refractivity contribution in [3.05, 3.63) is 35.9 Å². The summed E-state index contributed by atoms with van der Waals surface area (Å²) in [5.74, 6) is -1.10. The Labute approximate surface area is 96.7 Å². The van der Waals surface area contributed by atoms with Crippen LogP contribution in [0.25, 0.3) is 10.8 Å². The van der Waals surface area contributed by atoms with Gasteiger partial charge in [-0.25, -0.2) is 4.39 Å². The minimum Gasteiger partial charge on any atom is -0.497 e. The zero-order valence-electron chi connectivity index (χ0n) is 9.11. The molecule has 0 saturated carbocycles. The van der Waals surface area contributed by atoms with Gasteiger partial charge in [-0.05, 0) is 17.0 Å². The molecule has 17 heavy (non-hydrogen) atoms. The molecule has 1 aromatic heterocycles. The largest absolute Gasteiger partial charge is 0.497 e. The van der Waals surface area contributed by atoms with Crippen LogP contribution in [0.1, 0.15) is 5.56 Å². The van der Waals surface area contributed by atoms with Gasteiger partial charge in [-0.15, -0.1) is 0 Å². The molecule has 1 aromatic carbocycles. The van der Waals surface area contributed by atoms with E-state index >= 15 is 0 Å². The van der Waals surface area contributed by atoms with E-state index in [-0.39, 0.29) is 6.42 Å². The number of ether oxygens (including phenoxy) is 1. The maximum atomic E-state index is 13.7. The number of methoxy groups -OCH3 is 1. The third-order valence-corrected chi connectivity index (χ3v) is 2.46. The van der Waals surface area contributed by atoms with Crippen LogP contribution in [0.3, 0.4) is 0 Å². The summed E-state index contributed by atoms with van der Waals surface area (Å²) in [6.07, 6.45) is 2.60. The van der Waals surface area contributed by atoms with Gasteiger partial charge in [0.25, 0.3) is 0 Å². The fourth-order valence-corrected chi connectivity index (χ4v) is 1.68. The number of fused-ring (bicyclic) bond motifs is 1. The van der Waals surface area contributed by atoms with Gasteiger partial charge in [0.2, 0.25) is 0 Å². The quantitative estimate of drug-likeness (QED) is 0.884. The Morgan fingerprint density at radius 2 is 2.18 bits per heavy atom. The molecule has 2 rings (SSSR count). The van der Waals surface area contributed by atoms with Crippen LogP contribution in [-0.2, 0) is 11.2 Å². The van der Waals surface area contributed by atoms with Gasteiger partial charge in [0.15, 0.2) is 0 Å². The van der Waals surface area contributed by atoms with Crippen molar-refractivity contribution in [1.29, 1.82) is 0 Å². The molecule has 88 valence electrons. The highest BCUT2D eigenvalue weighted by Gasteiger charge is 2.10. The van der Waals surface area contributed by atoms with Crippen molar-refractivity contribution in [3.63, 3.8) is 0 Å². The molecule has 0 atom stereocenters. The number of carbonyl (C=O) groups is 1. The molecule has 0 aliphatic carbocycles. The first-order chi connectivity index (χ1) is 8.11. The minimum absolute atomic E-state index is 0.197. The summed E-state index contributed by atoms with van der Waals surface area (Å²) in [6.45, 7) is 0. The molecule has 5 heteroatoms. The van der Waals surface area contributed by atoms with E-state index < -0.39 is 11.8 Å². The van der Waals surface area contributed by atoms with Gasteiger partial charge < -0.3 is 9.84 Å². The van der Waals surface area contributed by atoms with Crippen molar-refractivity contribution < 1.29 is 19.0 Å². The summed E-state index contributed by atoms with van der Waals surface area (Å²) >= 11 is 0. The second-order valence-electron chi connectivity index (χ2n) is 3.57. The molecular weight excluding hydrogens is 225 g/mol. The maximum absolute atomic E-state index is 13.7. The Morgan fingerprint density at radius 1 is 1.41 bits per heavy atom. The fourth-order valence-electron chi connectivity index (χ4n) is 1.68. The van der Waals surface area contributed by atoms with Gasteiger partial charge in [0, 0.05) is 23.8 Å². The Hall–Kier alpha value is -2.17. The van der Waals surface area contributed by atoms with Crippen molar-refractivity contribution in [3.8, 4) is 5.75 Å². The zero-order valence-corrected chi connectivity index (χ0v) is 9.11. The van der Waals surface area contributed by atoms with Crippen molar-refractivity contribution in [2.24, 2.45) is 0 Å². The van der Waals surface area contributed by atoms with E-state index in [1.54, 1.807) is 6.07 Å². The predicted molar refractivity (Wildman–Crippen MR) is 59.6 cm³/mol. The smallest absolute Gasteiger partial charge is 0.307 e. The molecular formula is C12H10FNO3. The highest BCUT2D eigenvalue weighted by molar-refractivity contribution is 5.89. The molecule has 0 aliphatic heterocycles. The monoisotopic (exact) mass is 235 g/mol. The van der Waals surface area contributed by atoms with Gasteiger partial charge in [-0.3, -0.25) is 9.78 Å². The highest BCUT2D eigenvalue weighted by Crippen LogP contribution is 2.26. The van der Waals surface area contributed by atoms with E-state index in [9.17, 15) is 9.18 Å². The SMILES string of the molecule is COc1cc(F)c2cncc(CC(=O)O)c2c1. The third kappa shape index (κ3) is 2.18. The number of carboxylic acids is 1. The number of hydrogen-bond donors (Lipinski definition) is 1. The molecule has 0 aliphatic rings. The Bertz CT molecular complexity index is 583. The molecule has 0 saturated heterocycles. The fraction of sp³-hybridized carbons (Fsp3) is 0.167. The van der Waals surface area contributed by atoms with Crippen LogP contribution in [-0.4, -0.2) is 23.2 Å². The second-order valence-corrected chi connectivity index (χ2v) is 3.57. The molecule has 1 N–H and O–H groups in total. The van der Waals surface area contributed by atoms with Crippen LogP contribution in [0.4, 0.5) is 4.39 Å². The summed E-state index contributed by atoms with van der Waals surface area (Å²) in [6, 6.07) is 2.85. The molecule has 0 unspecified atom stereocenters. The number of pyridine rings is 1. The van der Waals surface area contributed by atoms with E-state index in [2.05, 4.69) is 4.98 Å². The molecule has 0 spiro atoms. The topological polar surface area (TPSA) is 59.4 Å². The van der Waals surface area contributed by atoms with Crippen LogP contribution in [0.2, 0.25) is 0 Å². The molecule has 0 radical (unpaired) electrons. The van der Waals surface area contributed by atoms with Gasteiger partial charge in [-0.1, -0.05) is 0 Å². The van der Waals surface area contributed by atoms with Gasteiger partial charge in [0.05, 0.1) is 13.5 Å². The van der Waals surface area contributed by atoms with Gasteiger partial charge >= 0.3 is 5.97 Å². The van der Waals surface area contributed by atoms with E-state index in [4.69, 9.17) is 9.84 Å². The molecule has 0 fully saturated rings. The number of halogens is 1. The first-order valence-corrected chi connectivity index (χ1v) is 4.93. The van der Waals surface area contributed by atoms with Crippen LogP contribution in [0.15, 0.2) is 24.5 Å². The van der Waals surface area contributed by atoms with Crippen molar-refractivity contribution in [2.45, 2.75) is 6.42 Å². The number of carboxylic acid groups (broad SMARTS) is 1. The van der Waals surface area contributed by atoms with Crippen LogP contribution in [0.5, 0.6) is 5.75 Å². The summed E-state index contributed by atoms with van der Waals surface area (Å²) < 4.78 is 18.6. The normalized spacial score (nSPS) is 10.5. The lowest BCUT2D eigenvalue weighted by atomic mass is 10.0. The standard InChI is InChI=1S/C12H10FNO3/c1-17-8-3-9-7(2-12(15)16)5-14-6-10(9)11(13)4-8/h3-6H,2H2,1H3,(H,15,16). The highest BCUT2D eigenvalue weighted by atomic mass is 19.1. The number of rotatable bonds is 3. The number of hydrogen-bond acceptors (Lipinski definition) is 3. The molecule has 4 nitrogen and oxygen atoms in total. The van der Waals surface area contributed by atoms with Crippen LogP contribution < -0.4 is 4.74 Å². The first-order valence-electron chi connectivity index (χ1n) is 4.93. The third-order valence-electron chi connectivity index (χ3n) is 2.46. The average Bonchev–Trinajstić information content (AvgIpc) is 2.29. The lowest BCUT2D eigenvalue weighted by molar-refractivity contribution is -0.136. The van der Waals surface area contributed by atoms with E-state index in [1.807, 2.05) is 0 Å². The van der Waals surface area contributed by atoms with Crippen molar-refractivity contribution >= 4 is 16.7 Å². The Morgan fingerprint density at radius 3 is 2.82 bits per heavy atom. The maximum Gasteiger partial charge on any atom is 0.307 e. The zero-order chi connectivity index (χ0) is 12.4. The minimum atomic E-state index is -0.984. The second kappa shape index (κ2) is 4.37. The van der Waals surface area contributed by atoms with Crippen molar-refractivity contribution in [2.75, 3.05) is 7.11 Å².